The molecule has 0 fully saturated rings. The van der Waals surface area contributed by atoms with Gasteiger partial charge in [0, 0.05) is 0 Å². The summed E-state index contributed by atoms with van der Waals surface area (Å²) in [5.74, 6) is -2.65. The molecule has 4 aromatic rings. The van der Waals surface area contributed by atoms with Gasteiger partial charge in [-0.3, -0.25) is 20.4 Å². The number of nitrogens with one attached hydrogen (secondary N) is 2. The lowest BCUT2D eigenvalue weighted by molar-refractivity contribution is -0.123. The van der Waals surface area contributed by atoms with Crippen molar-refractivity contribution in [2.24, 2.45) is 0 Å². The van der Waals surface area contributed by atoms with Crippen LogP contribution >= 0.6 is 23.2 Å². The fraction of sp³-hybridized carbons (Fsp3) is 0.0385. The maximum atomic E-state index is 12.7. The molecule has 0 aromatic heterocycles. The molecule has 10 heteroatoms. The zero-order valence-corrected chi connectivity index (χ0v) is 20.0. The number of carbonyl (C=O) groups excluding carboxylic acids is 3. The summed E-state index contributed by atoms with van der Waals surface area (Å²) < 4.78 is 10.8. The van der Waals surface area contributed by atoms with Crippen molar-refractivity contribution >= 4 is 51.8 Å². The number of hydrogen-bond donors (Lipinski definition) is 3. The van der Waals surface area contributed by atoms with Gasteiger partial charge in [0.15, 0.2) is 12.4 Å². The van der Waals surface area contributed by atoms with Gasteiger partial charge in [-0.1, -0.05) is 65.7 Å². The highest BCUT2D eigenvalue weighted by Gasteiger charge is 2.22. The topological polar surface area (TPSA) is 114 Å². The van der Waals surface area contributed by atoms with Gasteiger partial charge in [0.2, 0.25) is 0 Å². The van der Waals surface area contributed by atoms with Crippen molar-refractivity contribution in [3.63, 3.8) is 0 Å². The van der Waals surface area contributed by atoms with Crippen LogP contribution in [0.5, 0.6) is 17.2 Å². The Bertz CT molecular complexity index is 1470. The van der Waals surface area contributed by atoms with E-state index in [1.54, 1.807) is 12.1 Å². The predicted molar refractivity (Wildman–Crippen MR) is 135 cm³/mol. The molecular weight excluding hydrogens is 507 g/mol. The van der Waals surface area contributed by atoms with Crippen molar-refractivity contribution in [3.05, 3.63) is 100 Å². The van der Waals surface area contributed by atoms with Gasteiger partial charge < -0.3 is 14.6 Å². The number of benzene rings is 4. The molecule has 36 heavy (non-hydrogen) atoms. The Kier molecular flexibility index (Phi) is 7.58. The van der Waals surface area contributed by atoms with Gasteiger partial charge >= 0.3 is 5.97 Å². The van der Waals surface area contributed by atoms with Crippen LogP contribution < -0.4 is 20.3 Å². The fourth-order valence-electron chi connectivity index (χ4n) is 3.26. The Morgan fingerprint density at radius 2 is 1.47 bits per heavy atom. The maximum absolute atomic E-state index is 12.7. The summed E-state index contributed by atoms with van der Waals surface area (Å²) >= 11 is 12.0. The molecule has 0 atom stereocenters. The number of ether oxygens (including phenoxy) is 2. The Balaban J connectivity index is 1.39. The van der Waals surface area contributed by atoms with Crippen LogP contribution in [-0.4, -0.2) is 29.5 Å². The third kappa shape index (κ3) is 5.68. The molecule has 0 saturated carbocycles. The van der Waals surface area contributed by atoms with Gasteiger partial charge in [-0.2, -0.15) is 0 Å². The van der Waals surface area contributed by atoms with Crippen molar-refractivity contribution in [2.75, 3.05) is 6.61 Å². The molecule has 0 aliphatic heterocycles. The largest absolute Gasteiger partial charge is 0.505 e. The van der Waals surface area contributed by atoms with Crippen LogP contribution in [0.2, 0.25) is 10.0 Å². The molecule has 3 N–H and O–H groups in total. The molecule has 0 bridgehead atoms. The second kappa shape index (κ2) is 11.0. The molecule has 0 aliphatic rings. The third-order valence-corrected chi connectivity index (χ3v) is 5.62. The highest BCUT2D eigenvalue weighted by atomic mass is 35.5. The summed E-state index contributed by atoms with van der Waals surface area (Å²) in [4.78, 5) is 37.5. The molecule has 0 heterocycles. The van der Waals surface area contributed by atoms with Crippen LogP contribution in [0.15, 0.2) is 78.9 Å². The van der Waals surface area contributed by atoms with E-state index in [9.17, 15) is 19.5 Å². The molecule has 4 rings (SSSR count). The summed E-state index contributed by atoms with van der Waals surface area (Å²) in [6, 6.07) is 21.5. The zero-order valence-electron chi connectivity index (χ0n) is 18.5. The number of phenolic OH excluding ortho intramolecular Hbond substituents is 1. The van der Waals surface area contributed by atoms with Crippen LogP contribution in [0.25, 0.3) is 10.8 Å². The monoisotopic (exact) mass is 524 g/mol. The number of esters is 1. The first kappa shape index (κ1) is 24.8. The number of phenols is 1. The van der Waals surface area contributed by atoms with E-state index in [-0.39, 0.29) is 33.5 Å². The smallest absolute Gasteiger partial charge is 0.347 e. The molecule has 8 nitrogen and oxygen atoms in total. The van der Waals surface area contributed by atoms with Crippen LogP contribution in [-0.2, 0) is 4.79 Å². The molecule has 0 saturated heterocycles. The lowest BCUT2D eigenvalue weighted by Gasteiger charge is -2.13. The molecular formula is C26H18Cl2N2O6. The third-order valence-electron chi connectivity index (χ3n) is 5.02. The number of amides is 2. The lowest BCUT2D eigenvalue weighted by atomic mass is 10.1. The molecule has 182 valence electrons. The average Bonchev–Trinajstić information content (AvgIpc) is 2.88. The normalized spacial score (nSPS) is 10.5. The van der Waals surface area contributed by atoms with Crippen LogP contribution in [0, 0.1) is 0 Å². The van der Waals surface area contributed by atoms with Gasteiger partial charge in [0.05, 0.1) is 15.6 Å². The Hall–Kier alpha value is -4.27. The van der Waals surface area contributed by atoms with Gasteiger partial charge in [0.1, 0.15) is 17.1 Å². The number of hydrazine groups is 1. The molecule has 0 spiro atoms. The second-order valence-electron chi connectivity index (χ2n) is 7.44. The Morgan fingerprint density at radius 3 is 2.25 bits per heavy atom. The summed E-state index contributed by atoms with van der Waals surface area (Å²) in [7, 11) is 0. The van der Waals surface area contributed by atoms with Crippen molar-refractivity contribution in [1.29, 1.82) is 0 Å². The van der Waals surface area contributed by atoms with Crippen LogP contribution in [0.3, 0.4) is 0 Å². The summed E-state index contributed by atoms with van der Waals surface area (Å²) in [6.45, 7) is -0.357. The number of aromatic hydroxyl groups is 1. The molecule has 2 amide bonds. The maximum Gasteiger partial charge on any atom is 0.347 e. The highest BCUT2D eigenvalue weighted by molar-refractivity contribution is 6.33. The van der Waals surface area contributed by atoms with Gasteiger partial charge in [-0.15, -0.1) is 0 Å². The standard InChI is InChI=1S/C26H18Cl2N2O6/c27-20-9-3-7-18(23(20)32)26(34)36-24-19(8-4-10-21(24)28)25(33)30-29-22(31)14-35-17-12-11-15-5-1-2-6-16(15)13-17/h1-13,32H,14H2,(H,29,31)(H,30,33). The first-order valence-electron chi connectivity index (χ1n) is 10.5. The number of rotatable bonds is 6. The van der Waals surface area contributed by atoms with Crippen molar-refractivity contribution < 1.29 is 29.0 Å². The van der Waals surface area contributed by atoms with E-state index in [1.165, 1.54) is 36.4 Å². The van der Waals surface area contributed by atoms with E-state index >= 15 is 0 Å². The van der Waals surface area contributed by atoms with E-state index in [0.29, 0.717) is 5.75 Å². The van der Waals surface area contributed by atoms with E-state index < -0.39 is 23.5 Å². The SMILES string of the molecule is O=C(COc1ccc2ccccc2c1)NNC(=O)c1cccc(Cl)c1OC(=O)c1cccc(Cl)c1O. The van der Waals surface area contributed by atoms with Gasteiger partial charge in [-0.25, -0.2) is 4.79 Å². The number of fused-ring (bicyclic) bond motifs is 1. The number of para-hydroxylation sites is 2. The first-order valence-corrected chi connectivity index (χ1v) is 11.3. The minimum absolute atomic E-state index is 0.0384. The molecule has 0 radical (unpaired) electrons. The minimum atomic E-state index is -0.982. The molecule has 0 aliphatic carbocycles. The zero-order chi connectivity index (χ0) is 25.7. The lowest BCUT2D eigenvalue weighted by Crippen LogP contribution is -2.44. The minimum Gasteiger partial charge on any atom is -0.505 e. The van der Waals surface area contributed by atoms with E-state index in [1.807, 2.05) is 30.3 Å². The number of hydrogen-bond acceptors (Lipinski definition) is 6. The molecule has 0 unspecified atom stereocenters. The molecule has 4 aromatic carbocycles. The van der Waals surface area contributed by atoms with E-state index in [4.69, 9.17) is 32.7 Å². The summed E-state index contributed by atoms with van der Waals surface area (Å²) in [5.41, 5.74) is 4.11. The number of halogens is 2. The van der Waals surface area contributed by atoms with Gasteiger partial charge in [0.25, 0.3) is 11.8 Å². The Morgan fingerprint density at radius 1 is 0.778 bits per heavy atom. The summed E-state index contributed by atoms with van der Waals surface area (Å²) in [5, 5.41) is 11.9. The average molecular weight is 525 g/mol. The fourth-order valence-corrected chi connectivity index (χ4v) is 3.64. The first-order chi connectivity index (χ1) is 17.3. The second-order valence-corrected chi connectivity index (χ2v) is 8.26. The summed E-state index contributed by atoms with van der Waals surface area (Å²) in [6.07, 6.45) is 0. The van der Waals surface area contributed by atoms with Crippen LogP contribution in [0.4, 0.5) is 0 Å². The highest BCUT2D eigenvalue weighted by Crippen LogP contribution is 2.32. The predicted octanol–water partition coefficient (Wildman–Crippen LogP) is 4.91. The van der Waals surface area contributed by atoms with Crippen molar-refractivity contribution in [1.82, 2.24) is 10.9 Å². The number of carbonyl (C=O) groups is 3. The van der Waals surface area contributed by atoms with Crippen molar-refractivity contribution in [3.8, 4) is 17.2 Å². The van der Waals surface area contributed by atoms with E-state index in [0.717, 1.165) is 10.8 Å². The van der Waals surface area contributed by atoms with E-state index in [2.05, 4.69) is 10.9 Å². The van der Waals surface area contributed by atoms with Crippen LogP contribution in [0.1, 0.15) is 20.7 Å². The van der Waals surface area contributed by atoms with Gasteiger partial charge in [-0.05, 0) is 47.2 Å². The van der Waals surface area contributed by atoms with Crippen molar-refractivity contribution in [2.45, 2.75) is 0 Å². The quantitative estimate of drug-likeness (QED) is 0.187. The Labute approximate surface area is 215 Å².